The van der Waals surface area contributed by atoms with Crippen LogP contribution in [0.25, 0.3) is 22.3 Å². The Balaban J connectivity index is 1.34. The highest BCUT2D eigenvalue weighted by Crippen LogP contribution is 2.23. The van der Waals surface area contributed by atoms with E-state index < -0.39 is 0 Å². The minimum absolute atomic E-state index is 0.00950. The molecule has 4 aromatic rings. The fourth-order valence-corrected chi connectivity index (χ4v) is 3.76. The molecule has 9 heteroatoms. The van der Waals surface area contributed by atoms with Crippen molar-refractivity contribution < 1.29 is 4.79 Å². The Morgan fingerprint density at radius 1 is 1.12 bits per heavy atom. The molecule has 0 aromatic carbocycles. The lowest BCUT2D eigenvalue weighted by molar-refractivity contribution is 0.0992. The SMILES string of the molecule is CN(C)C1CN(c2cc(C(=O)Cc3cc4nc(-c5cn(C)nn5)ccc4cn3)ccn2)C1. The fourth-order valence-electron chi connectivity index (χ4n) is 3.76. The quantitative estimate of drug-likeness (QED) is 0.431. The van der Waals surface area contributed by atoms with E-state index in [-0.39, 0.29) is 12.2 Å². The van der Waals surface area contributed by atoms with Gasteiger partial charge in [-0.2, -0.15) is 0 Å². The number of carbonyl (C=O) groups is 1. The summed E-state index contributed by atoms with van der Waals surface area (Å²) in [6.45, 7) is 1.84. The average molecular weight is 429 g/mol. The maximum Gasteiger partial charge on any atom is 0.169 e. The zero-order chi connectivity index (χ0) is 22.2. The third-order valence-corrected chi connectivity index (χ3v) is 5.82. The van der Waals surface area contributed by atoms with Gasteiger partial charge in [0.25, 0.3) is 0 Å². The third-order valence-electron chi connectivity index (χ3n) is 5.82. The maximum absolute atomic E-state index is 13.0. The van der Waals surface area contributed by atoms with E-state index in [0.29, 0.717) is 23.0 Å². The number of hydrogen-bond acceptors (Lipinski definition) is 8. The molecule has 0 spiro atoms. The van der Waals surface area contributed by atoms with Gasteiger partial charge in [-0.05, 0) is 44.4 Å². The lowest BCUT2D eigenvalue weighted by Crippen LogP contribution is -2.57. The van der Waals surface area contributed by atoms with Gasteiger partial charge in [-0.15, -0.1) is 5.10 Å². The molecule has 0 radical (unpaired) electrons. The van der Waals surface area contributed by atoms with Crippen molar-refractivity contribution in [3.8, 4) is 11.4 Å². The number of rotatable bonds is 6. The van der Waals surface area contributed by atoms with Gasteiger partial charge in [0.2, 0.25) is 0 Å². The lowest BCUT2D eigenvalue weighted by atomic mass is 10.0. The summed E-state index contributed by atoms with van der Waals surface area (Å²) in [4.78, 5) is 31.0. The minimum Gasteiger partial charge on any atom is -0.353 e. The zero-order valence-electron chi connectivity index (χ0n) is 18.3. The van der Waals surface area contributed by atoms with Gasteiger partial charge >= 0.3 is 0 Å². The first-order valence-electron chi connectivity index (χ1n) is 10.5. The molecule has 0 N–H and O–H groups in total. The second kappa shape index (κ2) is 8.08. The smallest absolute Gasteiger partial charge is 0.169 e. The molecule has 9 nitrogen and oxygen atoms in total. The highest BCUT2D eigenvalue weighted by Gasteiger charge is 2.29. The van der Waals surface area contributed by atoms with E-state index in [1.807, 2.05) is 37.5 Å². The second-order valence-corrected chi connectivity index (χ2v) is 8.37. The fraction of sp³-hybridized carbons (Fsp3) is 0.304. The van der Waals surface area contributed by atoms with Crippen molar-refractivity contribution in [3.05, 3.63) is 60.2 Å². The van der Waals surface area contributed by atoms with Crippen molar-refractivity contribution >= 4 is 22.5 Å². The predicted octanol–water partition coefficient (Wildman–Crippen LogP) is 2.00. The number of ketones is 1. The van der Waals surface area contributed by atoms with Gasteiger partial charge in [0.15, 0.2) is 5.78 Å². The van der Waals surface area contributed by atoms with Crippen molar-refractivity contribution in [1.82, 2.24) is 34.8 Å². The first kappa shape index (κ1) is 20.2. The van der Waals surface area contributed by atoms with Crippen LogP contribution in [0.5, 0.6) is 0 Å². The van der Waals surface area contributed by atoms with Crippen molar-refractivity contribution in [2.45, 2.75) is 12.5 Å². The van der Waals surface area contributed by atoms with Gasteiger partial charge in [0.05, 0.1) is 29.5 Å². The van der Waals surface area contributed by atoms with Crippen LogP contribution in [-0.4, -0.2) is 73.9 Å². The minimum atomic E-state index is 0.00950. The van der Waals surface area contributed by atoms with Crippen LogP contribution < -0.4 is 4.90 Å². The first-order valence-corrected chi connectivity index (χ1v) is 10.5. The number of nitrogens with zero attached hydrogens (tertiary/aromatic N) is 8. The highest BCUT2D eigenvalue weighted by atomic mass is 16.1. The van der Waals surface area contributed by atoms with Gasteiger partial charge < -0.3 is 9.80 Å². The van der Waals surface area contributed by atoms with E-state index in [1.165, 1.54) is 0 Å². The molecule has 1 aliphatic heterocycles. The van der Waals surface area contributed by atoms with Crippen LogP contribution >= 0.6 is 0 Å². The molecule has 5 rings (SSSR count). The molecular weight excluding hydrogens is 404 g/mol. The molecule has 5 heterocycles. The van der Waals surface area contributed by atoms with Gasteiger partial charge in [0.1, 0.15) is 11.5 Å². The number of Topliss-reactive ketones (excluding diaryl/α,β-unsaturated/α-hetero) is 1. The topological polar surface area (TPSA) is 92.9 Å². The summed E-state index contributed by atoms with van der Waals surface area (Å²) in [6.07, 6.45) is 5.48. The van der Waals surface area contributed by atoms with E-state index in [4.69, 9.17) is 0 Å². The Hall–Kier alpha value is -3.72. The van der Waals surface area contributed by atoms with Crippen molar-refractivity contribution in [2.75, 3.05) is 32.1 Å². The van der Waals surface area contributed by atoms with Gasteiger partial charge in [-0.25, -0.2) is 9.97 Å². The summed E-state index contributed by atoms with van der Waals surface area (Å²) in [7, 11) is 5.98. The van der Waals surface area contributed by atoms with Gasteiger partial charge in [0, 0.05) is 49.5 Å². The second-order valence-electron chi connectivity index (χ2n) is 8.37. The average Bonchev–Trinajstić information content (AvgIpc) is 3.18. The summed E-state index contributed by atoms with van der Waals surface area (Å²) in [5.41, 5.74) is 3.54. The molecule has 1 saturated heterocycles. The Morgan fingerprint density at radius 3 is 2.72 bits per heavy atom. The Labute approximate surface area is 185 Å². The molecule has 4 aromatic heterocycles. The van der Waals surface area contributed by atoms with Crippen molar-refractivity contribution in [2.24, 2.45) is 7.05 Å². The summed E-state index contributed by atoms with van der Waals surface area (Å²) < 4.78 is 1.64. The molecule has 1 fully saturated rings. The summed E-state index contributed by atoms with van der Waals surface area (Å²) in [5.74, 6) is 0.853. The molecule has 162 valence electrons. The molecule has 32 heavy (non-hydrogen) atoms. The van der Waals surface area contributed by atoms with Crippen LogP contribution in [0, 0.1) is 0 Å². The van der Waals surface area contributed by atoms with Crippen LogP contribution in [0.2, 0.25) is 0 Å². The molecule has 0 bridgehead atoms. The monoisotopic (exact) mass is 428 g/mol. The van der Waals surface area contributed by atoms with Crippen molar-refractivity contribution in [1.29, 1.82) is 0 Å². The first-order chi connectivity index (χ1) is 15.5. The standard InChI is InChI=1S/C23H24N8O/c1-29(2)18-12-31(13-18)23-8-15(6-7-24-23)22(32)10-17-9-20-16(11-25-17)4-5-19(26-20)21-14-30(3)28-27-21/h4-9,11,14,18H,10,12-13H2,1-3H3. The number of aryl methyl sites for hydroxylation is 1. The zero-order valence-corrected chi connectivity index (χ0v) is 18.3. The molecule has 0 saturated carbocycles. The molecule has 0 aliphatic carbocycles. The Bertz CT molecular complexity index is 1290. The van der Waals surface area contributed by atoms with E-state index in [2.05, 4.69) is 49.2 Å². The van der Waals surface area contributed by atoms with E-state index in [1.54, 1.807) is 23.1 Å². The number of hydrogen-bond donors (Lipinski definition) is 0. The highest BCUT2D eigenvalue weighted by molar-refractivity contribution is 5.98. The predicted molar refractivity (Wildman–Crippen MR) is 121 cm³/mol. The van der Waals surface area contributed by atoms with E-state index in [9.17, 15) is 4.79 Å². The number of anilines is 1. The summed E-state index contributed by atoms with van der Waals surface area (Å²) >= 11 is 0. The number of aromatic nitrogens is 6. The number of pyridine rings is 3. The largest absolute Gasteiger partial charge is 0.353 e. The van der Waals surface area contributed by atoms with Crippen LogP contribution in [0.1, 0.15) is 16.1 Å². The Morgan fingerprint density at radius 2 is 1.97 bits per heavy atom. The van der Waals surface area contributed by atoms with Crippen LogP contribution in [0.15, 0.2) is 48.9 Å². The third kappa shape index (κ3) is 3.94. The lowest BCUT2D eigenvalue weighted by Gasteiger charge is -2.43. The van der Waals surface area contributed by atoms with Gasteiger partial charge in [-0.1, -0.05) is 5.21 Å². The molecule has 1 aliphatic rings. The summed E-state index contributed by atoms with van der Waals surface area (Å²) in [6, 6.07) is 9.88. The van der Waals surface area contributed by atoms with Crippen LogP contribution in [0.3, 0.4) is 0 Å². The Kier molecular flexibility index (Phi) is 5.10. The number of carbonyl (C=O) groups excluding carboxylic acids is 1. The number of likely N-dealkylation sites (N-methyl/N-ethyl adjacent to an activating group) is 1. The molecule has 0 atom stereocenters. The van der Waals surface area contributed by atoms with Crippen LogP contribution in [-0.2, 0) is 13.5 Å². The normalized spacial score (nSPS) is 14.2. The van der Waals surface area contributed by atoms with Gasteiger partial charge in [-0.3, -0.25) is 14.5 Å². The maximum atomic E-state index is 13.0. The molecule has 0 amide bonds. The summed E-state index contributed by atoms with van der Waals surface area (Å²) in [5, 5.41) is 9.00. The van der Waals surface area contributed by atoms with E-state index in [0.717, 1.165) is 35.5 Å². The molecule has 0 unspecified atom stereocenters. The van der Waals surface area contributed by atoms with Crippen molar-refractivity contribution in [3.63, 3.8) is 0 Å². The van der Waals surface area contributed by atoms with E-state index >= 15 is 0 Å². The number of fused-ring (bicyclic) bond motifs is 1. The molecular formula is C23H24N8O. The van der Waals surface area contributed by atoms with Crippen LogP contribution in [0.4, 0.5) is 5.82 Å².